The van der Waals surface area contributed by atoms with E-state index in [9.17, 15) is 0 Å². The molecule has 4 heteroatoms. The highest BCUT2D eigenvalue weighted by molar-refractivity contribution is 6.49. The Labute approximate surface area is 109 Å². The zero-order chi connectivity index (χ0) is 13.1. The van der Waals surface area contributed by atoms with Crippen LogP contribution in [0.3, 0.4) is 0 Å². The lowest BCUT2D eigenvalue weighted by Gasteiger charge is -2.32. The van der Waals surface area contributed by atoms with Gasteiger partial charge < -0.3 is 13.7 Å². The molecular weight excluding hydrogens is 227 g/mol. The van der Waals surface area contributed by atoms with Gasteiger partial charge in [0.2, 0.25) is 0 Å². The molecule has 98 valence electrons. The minimum Gasteiger partial charge on any atom is -0.466 e. The van der Waals surface area contributed by atoms with Gasteiger partial charge in [-0.05, 0) is 53.2 Å². The summed E-state index contributed by atoms with van der Waals surface area (Å²) in [6.07, 6.45) is 1.10. The molecule has 0 radical (unpaired) electrons. The highest BCUT2D eigenvalue weighted by Crippen LogP contribution is 2.58. The number of hydrogen-bond acceptors (Lipinski definition) is 3. The Kier molecular flexibility index (Phi) is 2.49. The van der Waals surface area contributed by atoms with Gasteiger partial charge in [0, 0.05) is 11.7 Å². The van der Waals surface area contributed by atoms with Crippen LogP contribution in [-0.4, -0.2) is 18.3 Å². The first kappa shape index (κ1) is 12.3. The van der Waals surface area contributed by atoms with Gasteiger partial charge in [-0.3, -0.25) is 0 Å². The fourth-order valence-electron chi connectivity index (χ4n) is 2.56. The molecule has 1 saturated carbocycles. The van der Waals surface area contributed by atoms with Crippen LogP contribution in [0, 0.1) is 6.92 Å². The molecule has 1 aliphatic heterocycles. The second-order valence-corrected chi connectivity index (χ2v) is 6.58. The molecular formula is C14H21BO3. The molecule has 2 fully saturated rings. The molecule has 0 aromatic carbocycles. The minimum atomic E-state index is -0.232. The van der Waals surface area contributed by atoms with Crippen LogP contribution in [0.5, 0.6) is 0 Å². The monoisotopic (exact) mass is 248 g/mol. The maximum absolute atomic E-state index is 6.08. The van der Waals surface area contributed by atoms with E-state index in [1.54, 1.807) is 0 Å². The lowest BCUT2D eigenvalue weighted by atomic mass is 9.80. The summed E-state index contributed by atoms with van der Waals surface area (Å²) in [7, 11) is -0.0922. The van der Waals surface area contributed by atoms with Gasteiger partial charge in [0.25, 0.3) is 0 Å². The molecule has 0 N–H and O–H groups in total. The maximum Gasteiger partial charge on any atom is 0.461 e. The summed E-state index contributed by atoms with van der Waals surface area (Å²) in [5.41, 5.74) is -0.465. The normalized spacial score (nSPS) is 32.8. The predicted molar refractivity (Wildman–Crippen MR) is 70.6 cm³/mol. The van der Waals surface area contributed by atoms with Gasteiger partial charge in [-0.15, -0.1) is 0 Å². The van der Waals surface area contributed by atoms with Gasteiger partial charge >= 0.3 is 7.12 Å². The molecule has 0 amide bonds. The summed E-state index contributed by atoms with van der Waals surface area (Å²) in [5.74, 6) is 2.96. The Bertz CT molecular complexity index is 447. The van der Waals surface area contributed by atoms with E-state index in [2.05, 4.69) is 33.8 Å². The van der Waals surface area contributed by atoms with Crippen LogP contribution < -0.4 is 0 Å². The quantitative estimate of drug-likeness (QED) is 0.750. The van der Waals surface area contributed by atoms with Crippen molar-refractivity contribution < 1.29 is 13.7 Å². The molecule has 18 heavy (non-hydrogen) atoms. The van der Waals surface area contributed by atoms with Crippen LogP contribution in [0.25, 0.3) is 0 Å². The molecule has 2 heterocycles. The maximum atomic E-state index is 6.08. The van der Waals surface area contributed by atoms with E-state index in [1.165, 1.54) is 0 Å². The van der Waals surface area contributed by atoms with Crippen LogP contribution in [0.15, 0.2) is 16.5 Å². The fourth-order valence-corrected chi connectivity index (χ4v) is 2.56. The van der Waals surface area contributed by atoms with Crippen LogP contribution in [0.2, 0.25) is 5.82 Å². The van der Waals surface area contributed by atoms with Gasteiger partial charge in [0.15, 0.2) is 0 Å². The first-order valence-corrected chi connectivity index (χ1v) is 6.72. The van der Waals surface area contributed by atoms with Crippen molar-refractivity contribution in [2.45, 2.75) is 64.0 Å². The predicted octanol–water partition coefficient (Wildman–Crippen LogP) is 3.54. The molecule has 1 saturated heterocycles. The summed E-state index contributed by atoms with van der Waals surface area (Å²) in [6, 6.07) is 4.10. The van der Waals surface area contributed by atoms with Crippen LogP contribution in [0.4, 0.5) is 0 Å². The molecule has 2 atom stereocenters. The summed E-state index contributed by atoms with van der Waals surface area (Å²) >= 11 is 0. The van der Waals surface area contributed by atoms with E-state index >= 15 is 0 Å². The van der Waals surface area contributed by atoms with E-state index < -0.39 is 0 Å². The molecule has 0 unspecified atom stereocenters. The van der Waals surface area contributed by atoms with E-state index in [0.717, 1.165) is 17.9 Å². The third kappa shape index (κ3) is 1.82. The standard InChI is InChI=1S/C14H21BO3/c1-9-6-7-12(16-9)10-8-11(10)15-17-13(2,3)14(4,5)18-15/h6-7,10-11H,8H2,1-5H3/t10-,11-/m1/s1. The average Bonchev–Trinajstić information content (AvgIpc) is 2.87. The Morgan fingerprint density at radius 1 is 1.11 bits per heavy atom. The topological polar surface area (TPSA) is 31.6 Å². The second kappa shape index (κ2) is 3.64. The molecule has 3 rings (SSSR count). The van der Waals surface area contributed by atoms with Gasteiger partial charge in [-0.1, -0.05) is 0 Å². The van der Waals surface area contributed by atoms with Crippen molar-refractivity contribution in [3.63, 3.8) is 0 Å². The first-order valence-electron chi connectivity index (χ1n) is 6.72. The lowest BCUT2D eigenvalue weighted by Crippen LogP contribution is -2.41. The van der Waals surface area contributed by atoms with Crippen LogP contribution in [0.1, 0.15) is 51.6 Å². The highest BCUT2D eigenvalue weighted by Gasteiger charge is 2.60. The number of rotatable bonds is 2. The van der Waals surface area contributed by atoms with Crippen molar-refractivity contribution in [1.82, 2.24) is 0 Å². The van der Waals surface area contributed by atoms with Gasteiger partial charge in [-0.2, -0.15) is 0 Å². The summed E-state index contributed by atoms with van der Waals surface area (Å²) in [5, 5.41) is 0. The van der Waals surface area contributed by atoms with E-state index in [4.69, 9.17) is 13.7 Å². The summed E-state index contributed by atoms with van der Waals surface area (Å²) in [6.45, 7) is 10.4. The van der Waals surface area contributed by atoms with Gasteiger partial charge in [-0.25, -0.2) is 0 Å². The van der Waals surface area contributed by atoms with Crippen molar-refractivity contribution in [3.8, 4) is 0 Å². The number of hydrogen-bond donors (Lipinski definition) is 0. The average molecular weight is 248 g/mol. The van der Waals surface area contributed by atoms with Crippen LogP contribution >= 0.6 is 0 Å². The lowest BCUT2D eigenvalue weighted by molar-refractivity contribution is 0.00578. The second-order valence-electron chi connectivity index (χ2n) is 6.58. The number of aryl methyl sites for hydroxylation is 1. The van der Waals surface area contributed by atoms with Crippen LogP contribution in [-0.2, 0) is 9.31 Å². The van der Waals surface area contributed by atoms with Gasteiger partial charge in [0.05, 0.1) is 11.2 Å². The van der Waals surface area contributed by atoms with Crippen molar-refractivity contribution in [2.75, 3.05) is 0 Å². The highest BCUT2D eigenvalue weighted by atomic mass is 16.7. The first-order chi connectivity index (χ1) is 8.30. The Hall–Kier alpha value is -0.735. The van der Waals surface area contributed by atoms with Crippen molar-refractivity contribution >= 4 is 7.12 Å². The largest absolute Gasteiger partial charge is 0.466 e. The smallest absolute Gasteiger partial charge is 0.461 e. The molecule has 1 aromatic rings. The van der Waals surface area contributed by atoms with E-state index in [1.807, 2.05) is 13.0 Å². The van der Waals surface area contributed by atoms with E-state index in [-0.39, 0.29) is 18.3 Å². The Balaban J connectivity index is 1.70. The summed E-state index contributed by atoms with van der Waals surface area (Å²) < 4.78 is 17.9. The third-order valence-corrected chi connectivity index (χ3v) is 4.59. The van der Waals surface area contributed by atoms with Crippen molar-refractivity contribution in [3.05, 3.63) is 23.7 Å². The molecule has 1 aromatic heterocycles. The molecule has 0 spiro atoms. The zero-order valence-corrected chi connectivity index (χ0v) is 11.8. The SMILES string of the molecule is Cc1ccc([C@@H]2C[C@H]2B2OC(C)(C)C(C)(C)O2)o1. The minimum absolute atomic E-state index is 0.0922. The molecule has 2 aliphatic rings. The summed E-state index contributed by atoms with van der Waals surface area (Å²) in [4.78, 5) is 0. The number of furan rings is 1. The van der Waals surface area contributed by atoms with Crippen molar-refractivity contribution in [2.24, 2.45) is 0 Å². The molecule has 3 nitrogen and oxygen atoms in total. The van der Waals surface area contributed by atoms with E-state index in [0.29, 0.717) is 11.7 Å². The Morgan fingerprint density at radius 2 is 1.72 bits per heavy atom. The molecule has 0 bridgehead atoms. The third-order valence-electron chi connectivity index (χ3n) is 4.59. The van der Waals surface area contributed by atoms with Gasteiger partial charge in [0.1, 0.15) is 11.5 Å². The van der Waals surface area contributed by atoms with Crippen molar-refractivity contribution in [1.29, 1.82) is 0 Å². The Morgan fingerprint density at radius 3 is 2.22 bits per heavy atom. The molecule has 1 aliphatic carbocycles. The zero-order valence-electron chi connectivity index (χ0n) is 11.8. The fraction of sp³-hybridized carbons (Fsp3) is 0.714.